The lowest BCUT2D eigenvalue weighted by Gasteiger charge is -2.13. The molecule has 0 saturated carbocycles. The number of halogens is 4. The van der Waals surface area contributed by atoms with Gasteiger partial charge < -0.3 is 5.32 Å². The first-order valence-electron chi connectivity index (χ1n) is 8.19. The van der Waals surface area contributed by atoms with Crippen molar-refractivity contribution in [3.05, 3.63) is 70.9 Å². The van der Waals surface area contributed by atoms with E-state index in [4.69, 9.17) is 11.6 Å². The molecule has 1 amide bonds. The van der Waals surface area contributed by atoms with E-state index in [9.17, 15) is 18.0 Å². The van der Waals surface area contributed by atoms with E-state index >= 15 is 0 Å². The van der Waals surface area contributed by atoms with Crippen LogP contribution in [0.1, 0.15) is 15.9 Å². The Morgan fingerprint density at radius 3 is 2.41 bits per heavy atom. The second-order valence-corrected chi connectivity index (χ2v) is 6.95. The summed E-state index contributed by atoms with van der Waals surface area (Å²) in [5, 5.41) is 2.85. The van der Waals surface area contributed by atoms with Gasteiger partial charge in [-0.2, -0.15) is 21.9 Å². The molecule has 0 bridgehead atoms. The van der Waals surface area contributed by atoms with Crippen molar-refractivity contribution in [3.8, 4) is 11.1 Å². The third-order valence-corrected chi connectivity index (χ3v) is 5.02. The highest BCUT2D eigenvalue weighted by Gasteiger charge is 2.34. The predicted molar refractivity (Wildman–Crippen MR) is 105 cm³/mol. The summed E-state index contributed by atoms with van der Waals surface area (Å²) in [4.78, 5) is 16.4. The van der Waals surface area contributed by atoms with Crippen molar-refractivity contribution in [2.45, 2.75) is 6.18 Å². The first-order chi connectivity index (χ1) is 13.8. The summed E-state index contributed by atoms with van der Waals surface area (Å²) in [6.07, 6.45) is -3.30. The molecule has 0 unspecified atom stereocenters. The van der Waals surface area contributed by atoms with Gasteiger partial charge in [0, 0.05) is 11.8 Å². The van der Waals surface area contributed by atoms with E-state index in [-0.39, 0.29) is 33.0 Å². The number of nitrogens with one attached hydrogen (secondary N) is 1. The number of hydrogen-bond acceptors (Lipinski definition) is 5. The van der Waals surface area contributed by atoms with Crippen molar-refractivity contribution in [2.24, 2.45) is 0 Å². The van der Waals surface area contributed by atoms with E-state index in [2.05, 4.69) is 19.0 Å². The fourth-order valence-corrected chi connectivity index (χ4v) is 3.49. The Morgan fingerprint density at radius 2 is 1.76 bits per heavy atom. The lowest BCUT2D eigenvalue weighted by Crippen LogP contribution is -2.13. The van der Waals surface area contributed by atoms with Gasteiger partial charge >= 0.3 is 6.18 Å². The number of hydrogen-bond donors (Lipinski definition) is 1. The Kier molecular flexibility index (Phi) is 4.93. The third kappa shape index (κ3) is 3.92. The quantitative estimate of drug-likeness (QED) is 0.450. The van der Waals surface area contributed by atoms with E-state index in [0.29, 0.717) is 5.52 Å². The molecule has 1 N–H and O–H groups in total. The topological polar surface area (TPSA) is 67.8 Å². The molecule has 2 aromatic carbocycles. The van der Waals surface area contributed by atoms with Crippen LogP contribution in [0.15, 0.2) is 54.7 Å². The van der Waals surface area contributed by atoms with Gasteiger partial charge in [0.05, 0.1) is 27.9 Å². The minimum atomic E-state index is -4.57. The van der Waals surface area contributed by atoms with E-state index in [1.807, 2.05) is 0 Å². The van der Waals surface area contributed by atoms with E-state index in [0.717, 1.165) is 17.8 Å². The van der Waals surface area contributed by atoms with Crippen molar-refractivity contribution in [3.63, 3.8) is 0 Å². The van der Waals surface area contributed by atoms with Crippen LogP contribution in [0.5, 0.6) is 0 Å². The number of aromatic nitrogens is 3. The summed E-state index contributed by atoms with van der Waals surface area (Å²) in [6, 6.07) is 11.7. The number of fused-ring (bicyclic) bond motifs is 1. The molecule has 0 radical (unpaired) electrons. The van der Waals surface area contributed by atoms with Crippen LogP contribution in [0.4, 0.5) is 19.0 Å². The molecule has 0 atom stereocenters. The number of anilines is 1. The Bertz CT molecular complexity index is 1210. The summed E-state index contributed by atoms with van der Waals surface area (Å²) >= 11 is 6.83. The predicted octanol–water partition coefficient (Wildman–Crippen LogP) is 5.68. The Labute approximate surface area is 171 Å². The fourth-order valence-electron chi connectivity index (χ4n) is 2.76. The van der Waals surface area contributed by atoms with Crippen LogP contribution in [0, 0.1) is 0 Å². The normalized spacial score (nSPS) is 11.6. The van der Waals surface area contributed by atoms with Gasteiger partial charge in [0.25, 0.3) is 5.91 Å². The Hall–Kier alpha value is -3.04. The Morgan fingerprint density at radius 1 is 1.03 bits per heavy atom. The summed E-state index contributed by atoms with van der Waals surface area (Å²) in [5.74, 6) is -0.287. The maximum atomic E-state index is 13.5. The minimum absolute atomic E-state index is 0.0609. The molecule has 0 aliphatic rings. The van der Waals surface area contributed by atoms with E-state index < -0.39 is 17.6 Å². The molecule has 0 aliphatic heterocycles. The third-order valence-electron chi connectivity index (χ3n) is 4.13. The zero-order valence-electron chi connectivity index (χ0n) is 14.4. The molecular formula is C19H10ClF3N4OS. The van der Waals surface area contributed by atoms with Gasteiger partial charge in [0.2, 0.25) is 0 Å². The SMILES string of the molecule is O=C(Nc1ccc(-c2cc3nsnc3cc2C(F)(F)F)cn1)c1ccccc1Cl. The van der Waals surface area contributed by atoms with Crippen LogP contribution < -0.4 is 5.32 Å². The second-order valence-electron chi connectivity index (χ2n) is 6.01. The van der Waals surface area contributed by atoms with Gasteiger partial charge in [-0.15, -0.1) is 0 Å². The molecule has 0 aliphatic carbocycles. The molecule has 0 saturated heterocycles. The highest BCUT2D eigenvalue weighted by molar-refractivity contribution is 7.00. The lowest BCUT2D eigenvalue weighted by molar-refractivity contribution is -0.137. The summed E-state index contributed by atoms with van der Waals surface area (Å²) in [5.41, 5.74) is 0.169. The average molecular weight is 435 g/mol. The molecule has 146 valence electrons. The van der Waals surface area contributed by atoms with Gasteiger partial charge in [0.15, 0.2) is 0 Å². The highest BCUT2D eigenvalue weighted by Crippen LogP contribution is 2.39. The van der Waals surface area contributed by atoms with Gasteiger partial charge in [-0.25, -0.2) is 4.98 Å². The molecular weight excluding hydrogens is 425 g/mol. The molecule has 0 fully saturated rings. The first-order valence-corrected chi connectivity index (χ1v) is 9.29. The fraction of sp³-hybridized carbons (Fsp3) is 0.0526. The number of alkyl halides is 3. The second kappa shape index (κ2) is 7.41. The smallest absolute Gasteiger partial charge is 0.307 e. The minimum Gasteiger partial charge on any atom is -0.307 e. The van der Waals surface area contributed by atoms with Crippen LogP contribution in [0.3, 0.4) is 0 Å². The number of pyridine rings is 1. The van der Waals surface area contributed by atoms with Crippen LogP contribution in [0.25, 0.3) is 22.2 Å². The molecule has 0 spiro atoms. The largest absolute Gasteiger partial charge is 0.417 e. The Balaban J connectivity index is 1.66. The first kappa shape index (κ1) is 19.3. The van der Waals surface area contributed by atoms with Crippen molar-refractivity contribution in [1.29, 1.82) is 0 Å². The standard InChI is InChI=1S/C19H10ClF3N4OS/c20-14-4-2-1-3-11(14)18(28)25-17-6-5-10(9-24-17)12-7-15-16(27-29-26-15)8-13(12)19(21,22)23/h1-9H,(H,24,25,28). The van der Waals surface area contributed by atoms with Gasteiger partial charge in [-0.1, -0.05) is 23.7 Å². The van der Waals surface area contributed by atoms with Gasteiger partial charge in [-0.05, 0) is 42.0 Å². The summed E-state index contributed by atoms with van der Waals surface area (Å²) < 4.78 is 48.4. The number of carbonyl (C=O) groups excluding carboxylic acids is 1. The van der Waals surface area contributed by atoms with Crippen molar-refractivity contribution >= 4 is 46.1 Å². The number of benzene rings is 2. The molecule has 4 aromatic rings. The van der Waals surface area contributed by atoms with Crippen LogP contribution in [-0.4, -0.2) is 19.6 Å². The average Bonchev–Trinajstić information content (AvgIpc) is 3.15. The van der Waals surface area contributed by atoms with Gasteiger partial charge in [-0.3, -0.25) is 4.79 Å². The molecule has 29 heavy (non-hydrogen) atoms. The number of carbonyl (C=O) groups is 1. The maximum absolute atomic E-state index is 13.5. The van der Waals surface area contributed by atoms with Crippen molar-refractivity contribution < 1.29 is 18.0 Å². The van der Waals surface area contributed by atoms with E-state index in [1.54, 1.807) is 24.3 Å². The maximum Gasteiger partial charge on any atom is 0.417 e. The highest BCUT2D eigenvalue weighted by atomic mass is 35.5. The molecule has 10 heteroatoms. The molecule has 5 nitrogen and oxygen atoms in total. The van der Waals surface area contributed by atoms with Crippen molar-refractivity contribution in [2.75, 3.05) is 5.32 Å². The zero-order valence-corrected chi connectivity index (χ0v) is 15.9. The van der Waals surface area contributed by atoms with Gasteiger partial charge in [0.1, 0.15) is 16.9 Å². The monoisotopic (exact) mass is 434 g/mol. The van der Waals surface area contributed by atoms with Crippen molar-refractivity contribution in [1.82, 2.24) is 13.7 Å². The molecule has 4 rings (SSSR count). The zero-order chi connectivity index (χ0) is 20.6. The summed E-state index contributed by atoms with van der Waals surface area (Å²) in [6.45, 7) is 0. The number of rotatable bonds is 3. The van der Waals surface area contributed by atoms with Crippen LogP contribution in [-0.2, 0) is 6.18 Å². The van der Waals surface area contributed by atoms with Crippen LogP contribution in [0.2, 0.25) is 5.02 Å². The van der Waals surface area contributed by atoms with Crippen LogP contribution >= 0.6 is 23.3 Å². The lowest BCUT2D eigenvalue weighted by atomic mass is 9.99. The number of nitrogens with zero attached hydrogens (tertiary/aromatic N) is 3. The molecule has 2 heterocycles. The summed E-state index contributed by atoms with van der Waals surface area (Å²) in [7, 11) is 0. The van der Waals surface area contributed by atoms with E-state index in [1.165, 1.54) is 24.4 Å². The number of amides is 1. The molecule has 2 aromatic heterocycles.